The summed E-state index contributed by atoms with van der Waals surface area (Å²) < 4.78 is 34.5. The van der Waals surface area contributed by atoms with Gasteiger partial charge in [-0.15, -0.1) is 0 Å². The number of amides is 1. The molecule has 4 heterocycles. The highest BCUT2D eigenvalue weighted by molar-refractivity contribution is 7.92. The Labute approximate surface area is 200 Å². The third kappa shape index (κ3) is 4.72. The van der Waals surface area contributed by atoms with Gasteiger partial charge in [-0.3, -0.25) is 14.3 Å². The van der Waals surface area contributed by atoms with Crippen molar-refractivity contribution >= 4 is 21.8 Å². The van der Waals surface area contributed by atoms with E-state index in [0.717, 1.165) is 38.3 Å². The summed E-state index contributed by atoms with van der Waals surface area (Å²) in [6.45, 7) is 7.04. The van der Waals surface area contributed by atoms with Crippen molar-refractivity contribution in [2.24, 2.45) is 5.92 Å². The zero-order chi connectivity index (χ0) is 24.5. The molecule has 34 heavy (non-hydrogen) atoms. The van der Waals surface area contributed by atoms with Crippen molar-refractivity contribution in [2.75, 3.05) is 45.7 Å². The Balaban J connectivity index is 1.32. The Bertz CT molecular complexity index is 1200. The van der Waals surface area contributed by atoms with Crippen molar-refractivity contribution < 1.29 is 27.5 Å². The average molecular weight is 488 g/mol. The van der Waals surface area contributed by atoms with Crippen LogP contribution < -0.4 is 0 Å². The topological polar surface area (TPSA) is 98.2 Å². The largest absolute Gasteiger partial charge is 0.465 e. The van der Waals surface area contributed by atoms with Gasteiger partial charge in [0.15, 0.2) is 14.6 Å². The third-order valence-corrected chi connectivity index (χ3v) is 8.71. The van der Waals surface area contributed by atoms with Gasteiger partial charge in [-0.25, -0.2) is 13.2 Å². The highest BCUT2D eigenvalue weighted by Crippen LogP contribution is 2.26. The molecule has 0 N–H and O–H groups in total. The van der Waals surface area contributed by atoms with Crippen molar-refractivity contribution in [3.63, 3.8) is 0 Å². The fourth-order valence-corrected chi connectivity index (χ4v) is 4.94. The minimum atomic E-state index is -3.74. The molecule has 0 aliphatic carbocycles. The van der Waals surface area contributed by atoms with E-state index in [0.29, 0.717) is 24.1 Å². The van der Waals surface area contributed by atoms with Crippen LogP contribution in [0.1, 0.15) is 31.5 Å². The molecular weight excluding hydrogens is 458 g/mol. The van der Waals surface area contributed by atoms with Crippen LogP contribution in [0.4, 0.5) is 4.79 Å². The summed E-state index contributed by atoms with van der Waals surface area (Å²) in [5.74, 6) is 11.5. The van der Waals surface area contributed by atoms with E-state index >= 15 is 0 Å². The molecule has 2 fully saturated rings. The molecular formula is C24H29N3O6S. The number of hydrogen-bond donors (Lipinski definition) is 0. The fourth-order valence-electron chi connectivity index (χ4n) is 4.12. The van der Waals surface area contributed by atoms with Crippen molar-refractivity contribution in [3.05, 3.63) is 23.5 Å². The van der Waals surface area contributed by atoms with Crippen molar-refractivity contribution in [2.45, 2.75) is 37.6 Å². The molecule has 1 aromatic rings. The molecule has 4 rings (SSSR count). The Morgan fingerprint density at radius 2 is 2.03 bits per heavy atom. The second-order valence-corrected chi connectivity index (χ2v) is 11.6. The van der Waals surface area contributed by atoms with E-state index in [9.17, 15) is 18.0 Å². The molecule has 1 amide bonds. The normalized spacial score (nSPS) is 20.2. The molecule has 182 valence electrons. The Morgan fingerprint density at radius 1 is 1.29 bits per heavy atom. The number of rotatable bonds is 7. The SMILES string of the molecule is CCOC(=O)C(C)(CCN1Cc2cc(C#CC#CC3CN(C4COC4)C3)cn2C1=O)S(C)(=O)=O. The zero-order valence-corrected chi connectivity index (χ0v) is 20.5. The summed E-state index contributed by atoms with van der Waals surface area (Å²) >= 11 is 0. The lowest BCUT2D eigenvalue weighted by atomic mass is 9.97. The van der Waals surface area contributed by atoms with Gasteiger partial charge in [0.25, 0.3) is 0 Å². The average Bonchev–Trinajstić information content (AvgIpc) is 3.23. The number of carbonyl (C=O) groups is 2. The first-order chi connectivity index (χ1) is 16.1. The predicted octanol–water partition coefficient (Wildman–Crippen LogP) is 0.714. The highest BCUT2D eigenvalue weighted by Gasteiger charge is 2.45. The van der Waals surface area contributed by atoms with Crippen LogP contribution in [0.3, 0.4) is 0 Å². The molecule has 0 aromatic carbocycles. The van der Waals surface area contributed by atoms with E-state index in [2.05, 4.69) is 28.6 Å². The maximum Gasteiger partial charge on any atom is 0.328 e. The summed E-state index contributed by atoms with van der Waals surface area (Å²) in [5.41, 5.74) is 1.46. The predicted molar refractivity (Wildman–Crippen MR) is 124 cm³/mol. The van der Waals surface area contributed by atoms with E-state index in [-0.39, 0.29) is 25.6 Å². The number of ether oxygens (including phenoxy) is 2. The number of aromatic nitrogens is 1. The second-order valence-electron chi connectivity index (χ2n) is 9.13. The first-order valence-electron chi connectivity index (χ1n) is 11.3. The molecule has 9 nitrogen and oxygen atoms in total. The number of hydrogen-bond acceptors (Lipinski definition) is 7. The van der Waals surface area contributed by atoms with E-state index in [1.54, 1.807) is 13.1 Å². The van der Waals surface area contributed by atoms with Crippen LogP contribution in [-0.4, -0.2) is 91.3 Å². The minimum Gasteiger partial charge on any atom is -0.465 e. The maximum absolute atomic E-state index is 12.8. The quantitative estimate of drug-likeness (QED) is 0.413. The Morgan fingerprint density at radius 3 is 2.62 bits per heavy atom. The standard InChI is InChI=1S/C24H29N3O6S/c1-4-33-22(28)24(2,34(3,30)31)9-10-25-15-20-11-18(14-27(20)23(25)29)7-5-6-8-19-12-26(13-19)21-16-32-17-21/h11,14,19,21H,4,9-10,12-13,15-17H2,1-3H3. The molecule has 0 saturated carbocycles. The number of nitrogens with zero attached hydrogens (tertiary/aromatic N) is 3. The van der Waals surface area contributed by atoms with Crippen LogP contribution in [-0.2, 0) is 30.7 Å². The first kappa shape index (κ1) is 24.3. The van der Waals surface area contributed by atoms with Crippen LogP contribution >= 0.6 is 0 Å². The molecule has 1 unspecified atom stereocenters. The van der Waals surface area contributed by atoms with Gasteiger partial charge in [0.05, 0.1) is 32.4 Å². The van der Waals surface area contributed by atoms with Crippen molar-refractivity contribution in [3.8, 4) is 23.7 Å². The lowest BCUT2D eigenvalue weighted by Crippen LogP contribution is -2.58. The second kappa shape index (κ2) is 9.46. The van der Waals surface area contributed by atoms with Crippen LogP contribution in [0.25, 0.3) is 0 Å². The molecule has 3 aliphatic heterocycles. The van der Waals surface area contributed by atoms with Crippen LogP contribution in [0, 0.1) is 29.6 Å². The molecule has 10 heteroatoms. The zero-order valence-electron chi connectivity index (χ0n) is 19.7. The third-order valence-electron chi connectivity index (χ3n) is 6.71. The van der Waals surface area contributed by atoms with Gasteiger partial charge >= 0.3 is 12.0 Å². The Hall–Kier alpha value is -2.79. The number of likely N-dealkylation sites (tertiary alicyclic amines) is 1. The fraction of sp³-hybridized carbons (Fsp3) is 0.583. The summed E-state index contributed by atoms with van der Waals surface area (Å²) in [7, 11) is -3.74. The highest BCUT2D eigenvalue weighted by atomic mass is 32.2. The first-order valence-corrected chi connectivity index (χ1v) is 13.2. The van der Waals surface area contributed by atoms with Crippen LogP contribution in [0.15, 0.2) is 12.3 Å². The van der Waals surface area contributed by atoms with Gasteiger partial charge in [-0.05, 0) is 38.2 Å². The van der Waals surface area contributed by atoms with Gasteiger partial charge in [0, 0.05) is 49.3 Å². The lowest BCUT2D eigenvalue weighted by molar-refractivity contribution is -0.146. The van der Waals surface area contributed by atoms with Crippen LogP contribution in [0.5, 0.6) is 0 Å². The van der Waals surface area contributed by atoms with Crippen molar-refractivity contribution in [1.29, 1.82) is 0 Å². The van der Waals surface area contributed by atoms with E-state index in [1.165, 1.54) is 16.4 Å². The lowest BCUT2D eigenvalue weighted by Gasteiger charge is -2.45. The van der Waals surface area contributed by atoms with E-state index < -0.39 is 20.6 Å². The molecule has 2 saturated heterocycles. The number of esters is 1. The van der Waals surface area contributed by atoms with Gasteiger partial charge in [0.1, 0.15) is 0 Å². The smallest absolute Gasteiger partial charge is 0.328 e. The summed E-state index contributed by atoms with van der Waals surface area (Å²) in [5, 5.41) is 0. The molecule has 1 aromatic heterocycles. The van der Waals surface area contributed by atoms with Gasteiger partial charge in [0.2, 0.25) is 0 Å². The molecule has 3 aliphatic rings. The Kier molecular flexibility index (Phi) is 6.77. The monoisotopic (exact) mass is 487 g/mol. The van der Waals surface area contributed by atoms with E-state index in [4.69, 9.17) is 9.47 Å². The summed E-state index contributed by atoms with van der Waals surface area (Å²) in [6, 6.07) is 2.11. The molecule has 0 radical (unpaired) electrons. The van der Waals surface area contributed by atoms with Gasteiger partial charge in [-0.2, -0.15) is 0 Å². The van der Waals surface area contributed by atoms with Gasteiger partial charge < -0.3 is 14.4 Å². The van der Waals surface area contributed by atoms with Crippen LogP contribution in [0.2, 0.25) is 0 Å². The number of sulfone groups is 1. The van der Waals surface area contributed by atoms with E-state index in [1.807, 2.05) is 6.07 Å². The molecule has 1 atom stereocenters. The molecule has 0 bridgehead atoms. The van der Waals surface area contributed by atoms with Gasteiger partial charge in [-0.1, -0.05) is 11.8 Å². The summed E-state index contributed by atoms with van der Waals surface area (Å²) in [4.78, 5) is 29.0. The van der Waals surface area contributed by atoms with Crippen molar-refractivity contribution in [1.82, 2.24) is 14.4 Å². The maximum atomic E-state index is 12.8. The minimum absolute atomic E-state index is 0.0458. The molecule has 0 spiro atoms. The number of fused-ring (bicyclic) bond motifs is 1. The summed E-state index contributed by atoms with van der Waals surface area (Å²) in [6.07, 6.45) is 2.63. The number of carbonyl (C=O) groups excluding carboxylic acids is 2.